The van der Waals surface area contributed by atoms with Crippen molar-refractivity contribution < 1.29 is 24.2 Å². The molecule has 4 aromatic rings. The molecule has 0 radical (unpaired) electrons. The van der Waals surface area contributed by atoms with E-state index in [2.05, 4.69) is 63.2 Å². The predicted molar refractivity (Wildman–Crippen MR) is 208 cm³/mol. The van der Waals surface area contributed by atoms with Gasteiger partial charge in [-0.1, -0.05) is 12.1 Å². The Labute approximate surface area is 326 Å². The quantitative estimate of drug-likeness (QED) is 0.168. The fourth-order valence-electron chi connectivity index (χ4n) is 5.44. The summed E-state index contributed by atoms with van der Waals surface area (Å²) in [7, 11) is 3.03. The fourth-order valence-corrected chi connectivity index (χ4v) is 6.19. The van der Waals surface area contributed by atoms with E-state index in [1.807, 2.05) is 35.5 Å². The number of aromatic carboxylic acids is 1. The first-order valence-corrected chi connectivity index (χ1v) is 17.2. The number of nitrogens with one attached hydrogen (secondary N) is 1. The third-order valence-electron chi connectivity index (χ3n) is 8.20. The number of carbonyl (C=O) groups is 2. The summed E-state index contributed by atoms with van der Waals surface area (Å²) in [5.74, 6) is 2.16. The number of aromatic nitrogens is 4. The molecule has 4 aromatic heterocycles. The van der Waals surface area contributed by atoms with Crippen molar-refractivity contribution in [3.05, 3.63) is 92.6 Å². The van der Waals surface area contributed by atoms with Crippen LogP contribution in [-0.4, -0.2) is 82.2 Å². The number of carboxylic acid groups (broad SMARTS) is 1. The van der Waals surface area contributed by atoms with Gasteiger partial charge in [0.15, 0.2) is 5.69 Å². The standard InChI is InChI=1S/C17H19BrN4O2.C10H15N3.C7H6BrNO3.2ClH/c1-24-15-8-14(20-10-13(15)18)17(23)22-6-4-11(5-7-22)12-2-3-16(19)21-9-12;11-10-2-1-9(7-13-10)8-3-5-12-6-4-8;1-12-6-2-5(7(10)11)9-3-4(6)8;;/h2-3,8-11H,4-7H2,1H3,(H2,19,21);1-2,7-8,12H,3-6H2,(H2,11,13);2-3H,1H3,(H,10,11);2*1H. The first-order chi connectivity index (χ1) is 23.6. The number of hydrogen-bond acceptors (Lipinski definition) is 11. The summed E-state index contributed by atoms with van der Waals surface area (Å²) in [5.41, 5.74) is 14.0. The van der Waals surface area contributed by atoms with Crippen molar-refractivity contribution in [3.63, 3.8) is 0 Å². The molecule has 2 aliphatic rings. The Kier molecular flexibility index (Phi) is 18.4. The van der Waals surface area contributed by atoms with Gasteiger partial charge in [-0.3, -0.25) is 4.79 Å². The summed E-state index contributed by atoms with van der Waals surface area (Å²) in [6.07, 6.45) is 11.0. The Morgan fingerprint density at radius 1 is 0.745 bits per heavy atom. The van der Waals surface area contributed by atoms with Crippen LogP contribution in [-0.2, 0) is 0 Å². The second-order valence-corrected chi connectivity index (χ2v) is 13.0. The molecule has 0 atom stereocenters. The summed E-state index contributed by atoms with van der Waals surface area (Å²) >= 11 is 6.51. The van der Waals surface area contributed by atoms with Crippen LogP contribution in [0.15, 0.2) is 70.1 Å². The van der Waals surface area contributed by atoms with Crippen LogP contribution in [0, 0.1) is 0 Å². The van der Waals surface area contributed by atoms with Crippen LogP contribution < -0.4 is 26.3 Å². The van der Waals surface area contributed by atoms with Crippen molar-refractivity contribution in [3.8, 4) is 11.5 Å². The number of carbonyl (C=O) groups excluding carboxylic acids is 1. The van der Waals surface area contributed by atoms with Crippen LogP contribution >= 0.6 is 56.7 Å². The van der Waals surface area contributed by atoms with E-state index >= 15 is 0 Å². The van der Waals surface area contributed by atoms with Crippen molar-refractivity contribution in [2.75, 3.05) is 51.9 Å². The number of nitrogen functional groups attached to an aromatic ring is 2. The number of rotatable bonds is 6. The zero-order valence-electron chi connectivity index (χ0n) is 28.1. The van der Waals surface area contributed by atoms with Crippen LogP contribution in [0.1, 0.15) is 69.6 Å². The average Bonchev–Trinajstić information content (AvgIpc) is 3.13. The van der Waals surface area contributed by atoms with E-state index in [4.69, 9.17) is 26.0 Å². The molecule has 0 bridgehead atoms. The lowest BCUT2D eigenvalue weighted by atomic mass is 9.90. The predicted octanol–water partition coefficient (Wildman–Crippen LogP) is 6.38. The molecular formula is C34H42Br2Cl2N8O5. The third-order valence-corrected chi connectivity index (χ3v) is 9.39. The zero-order valence-corrected chi connectivity index (χ0v) is 32.9. The topological polar surface area (TPSA) is 192 Å². The monoisotopic (exact) mass is 870 g/mol. The highest BCUT2D eigenvalue weighted by molar-refractivity contribution is 9.10. The van der Waals surface area contributed by atoms with Crippen molar-refractivity contribution in [1.82, 2.24) is 30.2 Å². The molecule has 6 rings (SSSR count). The average molecular weight is 873 g/mol. The number of methoxy groups -OCH3 is 2. The molecule has 276 valence electrons. The molecule has 0 aromatic carbocycles. The van der Waals surface area contributed by atoms with Crippen LogP contribution in [0.5, 0.6) is 11.5 Å². The smallest absolute Gasteiger partial charge is 0.354 e. The van der Waals surface area contributed by atoms with Crippen molar-refractivity contribution in [2.45, 2.75) is 37.5 Å². The highest BCUT2D eigenvalue weighted by Crippen LogP contribution is 2.30. The number of anilines is 2. The number of amides is 1. The van der Waals surface area contributed by atoms with Crippen molar-refractivity contribution in [1.29, 1.82) is 0 Å². The van der Waals surface area contributed by atoms with Crippen LogP contribution in [0.4, 0.5) is 11.6 Å². The Morgan fingerprint density at radius 2 is 1.20 bits per heavy atom. The van der Waals surface area contributed by atoms with Gasteiger partial charge in [0.1, 0.15) is 28.8 Å². The molecule has 2 saturated heterocycles. The Balaban J connectivity index is 0.000000284. The van der Waals surface area contributed by atoms with Crippen LogP contribution in [0.2, 0.25) is 0 Å². The molecular weight excluding hydrogens is 831 g/mol. The maximum Gasteiger partial charge on any atom is 0.354 e. The number of pyridine rings is 4. The van der Waals surface area contributed by atoms with Crippen molar-refractivity contribution >= 4 is 80.2 Å². The van der Waals surface area contributed by atoms with Gasteiger partial charge in [0.05, 0.1) is 23.2 Å². The molecule has 2 fully saturated rings. The van der Waals surface area contributed by atoms with Gasteiger partial charge in [0.25, 0.3) is 5.91 Å². The molecule has 17 heteroatoms. The minimum Gasteiger partial charge on any atom is -0.495 e. The number of likely N-dealkylation sites (tertiary alicyclic amines) is 1. The molecule has 0 unspecified atom stereocenters. The molecule has 0 spiro atoms. The second-order valence-electron chi connectivity index (χ2n) is 11.3. The highest BCUT2D eigenvalue weighted by atomic mass is 79.9. The van der Waals surface area contributed by atoms with E-state index in [1.165, 1.54) is 43.3 Å². The number of ether oxygens (including phenoxy) is 2. The Morgan fingerprint density at radius 3 is 1.63 bits per heavy atom. The molecule has 51 heavy (non-hydrogen) atoms. The summed E-state index contributed by atoms with van der Waals surface area (Å²) in [6.45, 7) is 3.64. The van der Waals surface area contributed by atoms with Gasteiger partial charge in [-0.2, -0.15) is 0 Å². The SMILES string of the molecule is COc1cc(C(=O)N2CCC(c3ccc(N)nc3)CC2)ncc1Br.COc1cc(C(=O)O)ncc1Br.Cl.Cl.Nc1ccc(C2CCNCC2)cn1. The van der Waals surface area contributed by atoms with E-state index in [0.29, 0.717) is 58.2 Å². The number of hydrogen-bond donors (Lipinski definition) is 4. The van der Waals surface area contributed by atoms with E-state index < -0.39 is 5.97 Å². The lowest BCUT2D eigenvalue weighted by Gasteiger charge is -2.32. The third kappa shape index (κ3) is 12.8. The molecule has 1 amide bonds. The Hall–Kier alpha value is -3.76. The number of halogens is 4. The van der Waals surface area contributed by atoms with Gasteiger partial charge in [0, 0.05) is 50.0 Å². The first kappa shape index (κ1) is 43.4. The van der Waals surface area contributed by atoms with Crippen LogP contribution in [0.25, 0.3) is 0 Å². The lowest BCUT2D eigenvalue weighted by Crippen LogP contribution is -2.38. The number of carboxylic acids is 1. The van der Waals surface area contributed by atoms with Crippen LogP contribution in [0.3, 0.4) is 0 Å². The largest absolute Gasteiger partial charge is 0.495 e. The highest BCUT2D eigenvalue weighted by Gasteiger charge is 2.26. The maximum absolute atomic E-state index is 12.6. The minimum atomic E-state index is -1.07. The first-order valence-electron chi connectivity index (χ1n) is 15.6. The summed E-state index contributed by atoms with van der Waals surface area (Å²) in [6, 6.07) is 10.8. The number of nitrogens with two attached hydrogens (primary N) is 2. The van der Waals surface area contributed by atoms with Gasteiger partial charge < -0.3 is 36.3 Å². The minimum absolute atomic E-state index is 0. The van der Waals surface area contributed by atoms with Gasteiger partial charge in [0.2, 0.25) is 0 Å². The normalized spacial score (nSPS) is 14.2. The van der Waals surface area contributed by atoms with Gasteiger partial charge >= 0.3 is 5.97 Å². The summed E-state index contributed by atoms with van der Waals surface area (Å²) in [5, 5.41) is 11.9. The van der Waals surface area contributed by atoms with Gasteiger partial charge in [-0.15, -0.1) is 24.8 Å². The molecule has 6 heterocycles. The number of piperidine rings is 2. The van der Waals surface area contributed by atoms with Gasteiger partial charge in [-0.25, -0.2) is 24.7 Å². The van der Waals surface area contributed by atoms with Gasteiger partial charge in [-0.05, 0) is 106 Å². The lowest BCUT2D eigenvalue weighted by molar-refractivity contribution is 0.0686. The summed E-state index contributed by atoms with van der Waals surface area (Å²) < 4.78 is 11.5. The number of nitrogens with zero attached hydrogens (tertiary/aromatic N) is 5. The molecule has 0 aliphatic carbocycles. The van der Waals surface area contributed by atoms with E-state index in [0.717, 1.165) is 30.4 Å². The zero-order chi connectivity index (χ0) is 35.3. The molecule has 6 N–H and O–H groups in total. The molecule has 2 aliphatic heterocycles. The van der Waals surface area contributed by atoms with E-state index in [-0.39, 0.29) is 36.4 Å². The second kappa shape index (κ2) is 21.6. The molecule has 0 saturated carbocycles. The molecule has 13 nitrogen and oxygen atoms in total. The summed E-state index contributed by atoms with van der Waals surface area (Å²) in [4.78, 5) is 41.1. The fraction of sp³-hybridized carbons (Fsp3) is 0.353. The Bertz CT molecular complexity index is 1690. The maximum atomic E-state index is 12.6. The van der Waals surface area contributed by atoms with E-state index in [9.17, 15) is 9.59 Å². The van der Waals surface area contributed by atoms with Crippen molar-refractivity contribution in [2.24, 2.45) is 0 Å². The van der Waals surface area contributed by atoms with E-state index in [1.54, 1.807) is 19.4 Å².